The fraction of sp³-hybridized carbons (Fsp3) is 0.238. The summed E-state index contributed by atoms with van der Waals surface area (Å²) in [4.78, 5) is 29.9. The molecular formula is C21H22N6O. The van der Waals surface area contributed by atoms with Crippen LogP contribution in [-0.4, -0.2) is 47.0 Å². The van der Waals surface area contributed by atoms with Crippen LogP contribution in [0.1, 0.15) is 16.1 Å². The number of aromatic nitrogens is 3. The highest BCUT2D eigenvalue weighted by atomic mass is 16.1. The maximum Gasteiger partial charge on any atom is 0.274 e. The van der Waals surface area contributed by atoms with Crippen molar-refractivity contribution in [1.82, 2.24) is 15.0 Å². The third kappa shape index (κ3) is 4.09. The number of carbonyl (C=O) groups excluding carboxylic acids is 1. The molecule has 142 valence electrons. The molecule has 0 atom stereocenters. The van der Waals surface area contributed by atoms with Crippen molar-refractivity contribution in [2.75, 3.05) is 41.3 Å². The Morgan fingerprint density at radius 1 is 0.893 bits per heavy atom. The lowest BCUT2D eigenvalue weighted by Gasteiger charge is -2.36. The number of piperazine rings is 1. The Labute approximate surface area is 164 Å². The van der Waals surface area contributed by atoms with E-state index in [1.807, 2.05) is 49.4 Å². The van der Waals surface area contributed by atoms with E-state index in [-0.39, 0.29) is 5.91 Å². The summed E-state index contributed by atoms with van der Waals surface area (Å²) in [6.07, 6.45) is 5.21. The first-order valence-electron chi connectivity index (χ1n) is 9.30. The standard InChI is InChI=1S/C21H22N6O/c1-16-3-5-17(6-4-16)25-20(28)19-15-18(7-10-22-19)26-11-13-27(14-12-26)21-23-8-2-9-24-21/h2-10,15H,11-14H2,1H3,(H,25,28). The Balaban J connectivity index is 1.41. The van der Waals surface area contributed by atoms with Gasteiger partial charge in [0.15, 0.2) is 0 Å². The summed E-state index contributed by atoms with van der Waals surface area (Å²) in [7, 11) is 0. The van der Waals surface area contributed by atoms with Crippen LogP contribution < -0.4 is 15.1 Å². The first kappa shape index (κ1) is 17.9. The zero-order chi connectivity index (χ0) is 19.3. The van der Waals surface area contributed by atoms with Gasteiger partial charge in [0.25, 0.3) is 5.91 Å². The van der Waals surface area contributed by atoms with Gasteiger partial charge in [-0.05, 0) is 37.3 Å². The fourth-order valence-electron chi connectivity index (χ4n) is 3.19. The number of nitrogens with zero attached hydrogens (tertiary/aromatic N) is 5. The van der Waals surface area contributed by atoms with Crippen LogP contribution in [0.3, 0.4) is 0 Å². The minimum atomic E-state index is -0.206. The van der Waals surface area contributed by atoms with Crippen molar-refractivity contribution in [3.63, 3.8) is 0 Å². The number of amides is 1. The van der Waals surface area contributed by atoms with Gasteiger partial charge in [-0.15, -0.1) is 0 Å². The SMILES string of the molecule is Cc1ccc(NC(=O)c2cc(N3CCN(c4ncccn4)CC3)ccn2)cc1. The average molecular weight is 374 g/mol. The second-order valence-electron chi connectivity index (χ2n) is 6.74. The zero-order valence-electron chi connectivity index (χ0n) is 15.7. The number of hydrogen-bond acceptors (Lipinski definition) is 6. The van der Waals surface area contributed by atoms with E-state index < -0.39 is 0 Å². The smallest absolute Gasteiger partial charge is 0.274 e. The van der Waals surface area contributed by atoms with Gasteiger partial charge in [0.1, 0.15) is 5.69 Å². The molecule has 1 amide bonds. The van der Waals surface area contributed by atoms with E-state index in [0.29, 0.717) is 5.69 Å². The van der Waals surface area contributed by atoms with Crippen molar-refractivity contribution in [2.24, 2.45) is 0 Å². The second-order valence-corrected chi connectivity index (χ2v) is 6.74. The van der Waals surface area contributed by atoms with Gasteiger partial charge in [0.05, 0.1) is 0 Å². The molecule has 3 heterocycles. The van der Waals surface area contributed by atoms with Crippen LogP contribution in [0.2, 0.25) is 0 Å². The van der Waals surface area contributed by atoms with Gasteiger partial charge >= 0.3 is 0 Å². The molecule has 2 aromatic heterocycles. The van der Waals surface area contributed by atoms with Crippen molar-refractivity contribution in [3.8, 4) is 0 Å². The first-order chi connectivity index (χ1) is 13.7. The number of rotatable bonds is 4. The van der Waals surface area contributed by atoms with Crippen LogP contribution in [0.5, 0.6) is 0 Å². The molecule has 0 spiro atoms. The molecule has 0 radical (unpaired) electrons. The van der Waals surface area contributed by atoms with Crippen LogP contribution in [0, 0.1) is 6.92 Å². The van der Waals surface area contributed by atoms with Gasteiger partial charge in [-0.2, -0.15) is 0 Å². The van der Waals surface area contributed by atoms with E-state index in [1.165, 1.54) is 0 Å². The summed E-state index contributed by atoms with van der Waals surface area (Å²) >= 11 is 0. The first-order valence-corrected chi connectivity index (χ1v) is 9.30. The highest BCUT2D eigenvalue weighted by molar-refractivity contribution is 6.03. The summed E-state index contributed by atoms with van der Waals surface area (Å²) in [6.45, 7) is 5.34. The molecule has 7 nitrogen and oxygen atoms in total. The summed E-state index contributed by atoms with van der Waals surface area (Å²) in [5.41, 5.74) is 3.32. The molecule has 28 heavy (non-hydrogen) atoms. The lowest BCUT2D eigenvalue weighted by molar-refractivity contribution is 0.102. The van der Waals surface area contributed by atoms with E-state index in [9.17, 15) is 4.79 Å². The minimum Gasteiger partial charge on any atom is -0.368 e. The van der Waals surface area contributed by atoms with Gasteiger partial charge in [0.2, 0.25) is 5.95 Å². The summed E-state index contributed by atoms with van der Waals surface area (Å²) in [6, 6.07) is 13.3. The van der Waals surface area contributed by atoms with Crippen LogP contribution >= 0.6 is 0 Å². The van der Waals surface area contributed by atoms with E-state index >= 15 is 0 Å². The van der Waals surface area contributed by atoms with Crippen molar-refractivity contribution in [1.29, 1.82) is 0 Å². The largest absolute Gasteiger partial charge is 0.368 e. The number of hydrogen-bond donors (Lipinski definition) is 1. The number of pyridine rings is 1. The fourth-order valence-corrected chi connectivity index (χ4v) is 3.19. The summed E-state index contributed by atoms with van der Waals surface area (Å²) in [5, 5.41) is 2.90. The molecule has 0 saturated carbocycles. The van der Waals surface area contributed by atoms with Gasteiger partial charge < -0.3 is 15.1 Å². The third-order valence-corrected chi connectivity index (χ3v) is 4.77. The molecule has 1 saturated heterocycles. The molecule has 1 N–H and O–H groups in total. The predicted octanol–water partition coefficient (Wildman–Crippen LogP) is 2.76. The van der Waals surface area contributed by atoms with E-state index in [4.69, 9.17) is 0 Å². The van der Waals surface area contributed by atoms with Crippen LogP contribution in [0.15, 0.2) is 61.1 Å². The molecule has 4 rings (SSSR count). The molecule has 0 bridgehead atoms. The number of aryl methyl sites for hydroxylation is 1. The highest BCUT2D eigenvalue weighted by Crippen LogP contribution is 2.19. The monoisotopic (exact) mass is 374 g/mol. The number of carbonyl (C=O) groups is 1. The van der Waals surface area contributed by atoms with E-state index in [1.54, 1.807) is 18.6 Å². The van der Waals surface area contributed by atoms with Crippen molar-refractivity contribution >= 4 is 23.2 Å². The molecule has 0 unspecified atom stereocenters. The normalized spacial score (nSPS) is 14.0. The predicted molar refractivity (Wildman–Crippen MR) is 110 cm³/mol. The third-order valence-electron chi connectivity index (χ3n) is 4.77. The Morgan fingerprint density at radius 2 is 1.57 bits per heavy atom. The summed E-state index contributed by atoms with van der Waals surface area (Å²) < 4.78 is 0. The van der Waals surface area contributed by atoms with Gasteiger partial charge in [-0.1, -0.05) is 17.7 Å². The number of anilines is 3. The van der Waals surface area contributed by atoms with Crippen molar-refractivity contribution in [3.05, 3.63) is 72.3 Å². The molecule has 1 aliphatic heterocycles. The zero-order valence-corrected chi connectivity index (χ0v) is 15.7. The van der Waals surface area contributed by atoms with Gasteiger partial charge in [0, 0.05) is 56.1 Å². The number of benzene rings is 1. The van der Waals surface area contributed by atoms with E-state index in [0.717, 1.165) is 49.1 Å². The van der Waals surface area contributed by atoms with Crippen LogP contribution in [0.25, 0.3) is 0 Å². The molecular weight excluding hydrogens is 352 g/mol. The lowest BCUT2D eigenvalue weighted by atomic mass is 10.2. The highest BCUT2D eigenvalue weighted by Gasteiger charge is 2.20. The average Bonchev–Trinajstić information content (AvgIpc) is 2.76. The van der Waals surface area contributed by atoms with Crippen LogP contribution in [-0.2, 0) is 0 Å². The Bertz CT molecular complexity index is 937. The Morgan fingerprint density at radius 3 is 2.29 bits per heavy atom. The molecule has 3 aromatic rings. The molecule has 1 aromatic carbocycles. The molecule has 1 aliphatic rings. The molecule has 7 heteroatoms. The second kappa shape index (κ2) is 8.04. The van der Waals surface area contributed by atoms with Gasteiger partial charge in [-0.3, -0.25) is 9.78 Å². The Hall–Kier alpha value is -3.48. The topological polar surface area (TPSA) is 74.2 Å². The maximum atomic E-state index is 12.6. The minimum absolute atomic E-state index is 0.206. The van der Waals surface area contributed by atoms with E-state index in [2.05, 4.69) is 30.1 Å². The lowest BCUT2D eigenvalue weighted by Crippen LogP contribution is -2.47. The van der Waals surface area contributed by atoms with Gasteiger partial charge in [-0.25, -0.2) is 9.97 Å². The van der Waals surface area contributed by atoms with Crippen molar-refractivity contribution in [2.45, 2.75) is 6.92 Å². The van der Waals surface area contributed by atoms with Crippen LogP contribution in [0.4, 0.5) is 17.3 Å². The summed E-state index contributed by atoms with van der Waals surface area (Å²) in [5.74, 6) is 0.553. The van der Waals surface area contributed by atoms with Crippen molar-refractivity contribution < 1.29 is 4.79 Å². The molecule has 1 fully saturated rings. The maximum absolute atomic E-state index is 12.6. The quantitative estimate of drug-likeness (QED) is 0.757. The molecule has 0 aliphatic carbocycles. The Kier molecular flexibility index (Phi) is 5.14. The number of nitrogens with one attached hydrogen (secondary N) is 1.